The number of amides is 1. The first-order chi connectivity index (χ1) is 16.8. The Morgan fingerprint density at radius 1 is 1.11 bits per heavy atom. The number of hydrogen-bond donors (Lipinski definition) is 3. The Labute approximate surface area is 213 Å². The maximum Gasteiger partial charge on any atom is 0.251 e. The largest absolute Gasteiger partial charge is 0.395 e. The first-order valence-electron chi connectivity index (χ1n) is 12.5. The van der Waals surface area contributed by atoms with E-state index in [1.165, 1.54) is 6.08 Å². The van der Waals surface area contributed by atoms with Crippen molar-refractivity contribution in [3.8, 4) is 0 Å². The van der Waals surface area contributed by atoms with Crippen LogP contribution < -0.4 is 10.0 Å². The Hall–Kier alpha value is -1.79. The van der Waals surface area contributed by atoms with Gasteiger partial charge in [-0.05, 0) is 67.9 Å². The highest BCUT2D eigenvalue weighted by Gasteiger charge is 2.86. The lowest BCUT2D eigenvalue weighted by Gasteiger charge is -2.39. The van der Waals surface area contributed by atoms with Crippen molar-refractivity contribution in [3.63, 3.8) is 0 Å². The van der Waals surface area contributed by atoms with Crippen molar-refractivity contribution in [2.45, 2.75) is 77.3 Å². The van der Waals surface area contributed by atoms with Crippen LogP contribution in [0.4, 0.5) is 0 Å². The van der Waals surface area contributed by atoms with Crippen LogP contribution in [-0.4, -0.2) is 56.9 Å². The molecule has 36 heavy (non-hydrogen) atoms. The Morgan fingerprint density at radius 2 is 1.86 bits per heavy atom. The van der Waals surface area contributed by atoms with Crippen LogP contribution in [0, 0.1) is 10.8 Å². The number of hydrogen-bond acceptors (Lipinski definition) is 6. The van der Waals surface area contributed by atoms with E-state index in [0.29, 0.717) is 35.4 Å². The van der Waals surface area contributed by atoms with Gasteiger partial charge in [0.2, 0.25) is 20.0 Å². The number of carbonyl (C=O) groups is 1. The summed E-state index contributed by atoms with van der Waals surface area (Å²) in [4.78, 5) is 13.3. The lowest BCUT2D eigenvalue weighted by Crippen LogP contribution is -2.43. The van der Waals surface area contributed by atoms with Gasteiger partial charge < -0.3 is 10.4 Å². The molecule has 2 saturated carbocycles. The third-order valence-electron chi connectivity index (χ3n) is 8.52. The molecule has 0 aromatic carbocycles. The molecule has 1 saturated heterocycles. The van der Waals surface area contributed by atoms with Crippen molar-refractivity contribution in [2.24, 2.45) is 10.8 Å². The van der Waals surface area contributed by atoms with E-state index in [4.69, 9.17) is 5.11 Å². The molecule has 0 aromatic rings. The third kappa shape index (κ3) is 3.94. The standard InChI is InChI=1S/C25H35N3O6S2/c1-23(2)15-24(3)14-21-25(24,16-23)28(21)36(33,34)19-9-7-17(8-10-19)22(30)27-18-5-4-6-20(13-18)35(31,32)26-11-12-29/h6-7,9,13,21,26,29H,4-5,8,10-12,14-16H2,1-3H3,(H,27,30). The number of sulfonamides is 2. The molecule has 5 rings (SSSR count). The third-order valence-corrected chi connectivity index (χ3v) is 12.1. The van der Waals surface area contributed by atoms with E-state index in [0.717, 1.165) is 19.3 Å². The molecular formula is C25H35N3O6S2. The maximum atomic E-state index is 13.5. The van der Waals surface area contributed by atoms with Gasteiger partial charge >= 0.3 is 0 Å². The average Bonchev–Trinajstić information content (AvgIpc) is 3.32. The molecule has 4 atom stereocenters. The summed E-state index contributed by atoms with van der Waals surface area (Å²) in [6.07, 6.45) is 10.5. The second-order valence-corrected chi connectivity index (χ2v) is 15.4. The predicted molar refractivity (Wildman–Crippen MR) is 136 cm³/mol. The first kappa shape index (κ1) is 25.8. The molecule has 1 heterocycles. The van der Waals surface area contributed by atoms with E-state index in [1.54, 1.807) is 22.5 Å². The van der Waals surface area contributed by atoms with E-state index in [-0.39, 0.29) is 52.8 Å². The topological polar surface area (TPSA) is 133 Å². The highest BCUT2D eigenvalue weighted by Crippen LogP contribution is 2.79. The fourth-order valence-electron chi connectivity index (χ4n) is 7.22. The molecule has 4 unspecified atom stereocenters. The quantitative estimate of drug-likeness (QED) is 0.407. The normalized spacial score (nSPS) is 34.8. The SMILES string of the molecule is CC1(C)CC2(C)CC3N(S(=O)(=O)C4=CC=C(C(=O)NC5=CC(S(=O)(=O)NCCO)=CCC5)CC4)C32C1. The summed E-state index contributed by atoms with van der Waals surface area (Å²) in [5.41, 5.74) is 0.899. The van der Waals surface area contributed by atoms with Gasteiger partial charge in [0.1, 0.15) is 0 Å². The van der Waals surface area contributed by atoms with Crippen LogP contribution in [0.25, 0.3) is 0 Å². The van der Waals surface area contributed by atoms with Crippen LogP contribution in [0.3, 0.4) is 0 Å². The summed E-state index contributed by atoms with van der Waals surface area (Å²) in [6, 6.07) is 0.104. The molecule has 198 valence electrons. The van der Waals surface area contributed by atoms with Crippen molar-refractivity contribution in [1.29, 1.82) is 0 Å². The van der Waals surface area contributed by atoms with Gasteiger partial charge in [0.05, 0.1) is 22.0 Å². The molecular weight excluding hydrogens is 502 g/mol. The zero-order valence-electron chi connectivity index (χ0n) is 21.0. The van der Waals surface area contributed by atoms with Crippen LogP contribution >= 0.6 is 0 Å². The van der Waals surface area contributed by atoms with Crippen molar-refractivity contribution < 1.29 is 26.7 Å². The lowest BCUT2D eigenvalue weighted by molar-refractivity contribution is -0.117. The zero-order valence-corrected chi connectivity index (χ0v) is 22.6. The maximum absolute atomic E-state index is 13.5. The molecule has 4 aliphatic carbocycles. The number of aliphatic hydroxyl groups is 1. The first-order valence-corrected chi connectivity index (χ1v) is 15.5. The number of nitrogens with one attached hydrogen (secondary N) is 2. The number of aliphatic hydroxyl groups excluding tert-OH is 1. The van der Waals surface area contributed by atoms with E-state index in [9.17, 15) is 21.6 Å². The molecule has 0 aromatic heterocycles. The molecule has 1 aliphatic heterocycles. The second kappa shape index (κ2) is 8.36. The smallest absolute Gasteiger partial charge is 0.251 e. The molecule has 0 radical (unpaired) electrons. The summed E-state index contributed by atoms with van der Waals surface area (Å²) < 4.78 is 55.7. The molecule has 1 spiro atoms. The average molecular weight is 538 g/mol. The summed E-state index contributed by atoms with van der Waals surface area (Å²) >= 11 is 0. The van der Waals surface area contributed by atoms with E-state index < -0.39 is 20.0 Å². The van der Waals surface area contributed by atoms with Crippen LogP contribution in [0.15, 0.2) is 45.4 Å². The Balaban J connectivity index is 1.27. The summed E-state index contributed by atoms with van der Waals surface area (Å²) in [6.45, 7) is 6.27. The van der Waals surface area contributed by atoms with Crippen LogP contribution in [-0.2, 0) is 24.8 Å². The Bertz CT molecular complexity index is 1340. The van der Waals surface area contributed by atoms with E-state index >= 15 is 0 Å². The van der Waals surface area contributed by atoms with Crippen LogP contribution in [0.5, 0.6) is 0 Å². The summed E-state index contributed by atoms with van der Waals surface area (Å²) in [5, 5.41) is 11.7. The lowest BCUT2D eigenvalue weighted by atomic mass is 9.63. The summed E-state index contributed by atoms with van der Waals surface area (Å²) in [7, 11) is -7.34. The number of nitrogens with zero attached hydrogens (tertiary/aromatic N) is 1. The second-order valence-electron chi connectivity index (χ2n) is 11.7. The van der Waals surface area contributed by atoms with Crippen molar-refractivity contribution in [2.75, 3.05) is 13.2 Å². The van der Waals surface area contributed by atoms with Gasteiger partial charge in [0.25, 0.3) is 5.91 Å². The molecule has 5 aliphatic rings. The minimum absolute atomic E-state index is 0.0481. The molecule has 0 bridgehead atoms. The summed E-state index contributed by atoms with van der Waals surface area (Å²) in [5.74, 6) is -0.355. The Kier molecular flexibility index (Phi) is 6.00. The zero-order chi connectivity index (χ0) is 26.1. The van der Waals surface area contributed by atoms with Crippen molar-refractivity contribution in [1.82, 2.24) is 14.3 Å². The fraction of sp³-hybridized carbons (Fsp3) is 0.640. The van der Waals surface area contributed by atoms with Gasteiger partial charge in [-0.25, -0.2) is 21.6 Å². The van der Waals surface area contributed by atoms with E-state index in [1.807, 2.05) is 0 Å². The Morgan fingerprint density at radius 3 is 2.50 bits per heavy atom. The molecule has 9 nitrogen and oxygen atoms in total. The minimum atomic E-state index is -3.76. The van der Waals surface area contributed by atoms with Gasteiger partial charge in [0, 0.05) is 23.9 Å². The van der Waals surface area contributed by atoms with Crippen LogP contribution in [0.2, 0.25) is 0 Å². The fourth-order valence-corrected chi connectivity index (χ4v) is 10.6. The molecule has 3 fully saturated rings. The molecule has 3 N–H and O–H groups in total. The minimum Gasteiger partial charge on any atom is -0.395 e. The highest BCUT2D eigenvalue weighted by molar-refractivity contribution is 7.93. The van der Waals surface area contributed by atoms with Gasteiger partial charge in [0.15, 0.2) is 0 Å². The monoisotopic (exact) mass is 537 g/mol. The number of carbonyl (C=O) groups excluding carboxylic acids is 1. The van der Waals surface area contributed by atoms with Crippen LogP contribution in [0.1, 0.15) is 65.7 Å². The molecule has 1 amide bonds. The molecule has 11 heteroatoms. The predicted octanol–water partition coefficient (Wildman–Crippen LogP) is 2.16. The van der Waals surface area contributed by atoms with Crippen molar-refractivity contribution >= 4 is 26.0 Å². The highest BCUT2D eigenvalue weighted by atomic mass is 32.2. The number of rotatable bonds is 8. The van der Waals surface area contributed by atoms with Gasteiger partial charge in [-0.3, -0.25) is 4.79 Å². The van der Waals surface area contributed by atoms with Crippen molar-refractivity contribution in [3.05, 3.63) is 45.4 Å². The van der Waals surface area contributed by atoms with Gasteiger partial charge in [-0.15, -0.1) is 0 Å². The van der Waals surface area contributed by atoms with E-state index in [2.05, 4.69) is 30.8 Å². The van der Waals surface area contributed by atoms with Gasteiger partial charge in [-0.1, -0.05) is 32.9 Å². The number of allylic oxidation sites excluding steroid dienone is 6. The van der Waals surface area contributed by atoms with Gasteiger partial charge in [-0.2, -0.15) is 4.31 Å².